The van der Waals surface area contributed by atoms with Gasteiger partial charge in [0.15, 0.2) is 7.04 Å². The third-order valence-electron chi connectivity index (χ3n) is 0.611. The average molecular weight is 187 g/mol. The lowest BCUT2D eigenvalue weighted by molar-refractivity contribution is 0.845. The standard InChI is InChI=1S/C3H2Cl3N3/c4-1-7-2(5)9-3(6)8-1/h1H,(H,7,8,9)/i/hD. The molecule has 0 amide bonds. The van der Waals surface area contributed by atoms with Crippen LogP contribution in [0.5, 0.6) is 0 Å². The zero-order valence-corrected chi connectivity index (χ0v) is 6.32. The van der Waals surface area contributed by atoms with Crippen LogP contribution in [0.1, 0.15) is 0 Å². The average Bonchev–Trinajstić information content (AvgIpc) is 1.82. The zero-order chi connectivity index (χ0) is 7.72. The van der Waals surface area contributed by atoms with Gasteiger partial charge in [-0.05, 0) is 23.2 Å². The van der Waals surface area contributed by atoms with Crippen LogP contribution in [-0.4, -0.2) is 16.2 Å². The summed E-state index contributed by atoms with van der Waals surface area (Å²) in [5.74, 6) is 0. The minimum atomic E-state index is -0.877. The number of nitrogens with one attached hydrogen (secondary N) is 1. The van der Waals surface area contributed by atoms with Crippen LogP contribution in [0.3, 0.4) is 0 Å². The topological polar surface area (TPSA) is 36.8 Å². The maximum absolute atomic E-state index is 7.05. The van der Waals surface area contributed by atoms with Gasteiger partial charge in [-0.1, -0.05) is 11.6 Å². The molecule has 1 aliphatic heterocycles. The second-order valence-corrected chi connectivity index (χ2v) is 2.29. The van der Waals surface area contributed by atoms with Gasteiger partial charge in [-0.25, -0.2) is 4.99 Å². The highest BCUT2D eigenvalue weighted by atomic mass is 35.5. The van der Waals surface area contributed by atoms with Crippen molar-refractivity contribution in [3.05, 3.63) is 0 Å². The molecular formula is C3H2Cl3N3. The number of aliphatic imine (C=N–C) groups is 2. The smallest absolute Gasteiger partial charge is 0.223 e. The van der Waals surface area contributed by atoms with Crippen LogP contribution < -0.4 is 5.31 Å². The first-order valence-electron chi connectivity index (χ1n) is 2.45. The molecule has 50 valence electrons. The van der Waals surface area contributed by atoms with Crippen molar-refractivity contribution in [3.63, 3.8) is 0 Å². The van der Waals surface area contributed by atoms with Crippen molar-refractivity contribution in [2.75, 3.05) is 0 Å². The normalized spacial score (nSPS) is 29.0. The lowest BCUT2D eigenvalue weighted by Gasteiger charge is -2.10. The molecule has 1 heterocycles. The molecule has 3 nitrogen and oxygen atoms in total. The van der Waals surface area contributed by atoms with E-state index in [2.05, 4.69) is 9.98 Å². The summed E-state index contributed by atoms with van der Waals surface area (Å²) in [6, 6.07) is 0. The van der Waals surface area contributed by atoms with Gasteiger partial charge in [0.25, 0.3) is 0 Å². The van der Waals surface area contributed by atoms with Crippen molar-refractivity contribution in [2.24, 2.45) is 9.98 Å². The summed E-state index contributed by atoms with van der Waals surface area (Å²) in [5, 5.41) is 0.628. The molecule has 0 aromatic rings. The highest BCUT2D eigenvalue weighted by Gasteiger charge is 2.09. The maximum Gasteiger partial charge on any atom is 0.223 e. The predicted molar refractivity (Wildman–Crippen MR) is 39.4 cm³/mol. The van der Waals surface area contributed by atoms with Crippen molar-refractivity contribution in [2.45, 2.75) is 5.62 Å². The molecule has 0 aromatic heterocycles. The number of rotatable bonds is 0. The van der Waals surface area contributed by atoms with Crippen molar-refractivity contribution < 1.29 is 1.41 Å². The van der Waals surface area contributed by atoms with Crippen molar-refractivity contribution in [3.8, 4) is 0 Å². The van der Waals surface area contributed by atoms with Crippen LogP contribution in [0.25, 0.3) is 0 Å². The van der Waals surface area contributed by atoms with Gasteiger partial charge >= 0.3 is 0 Å². The molecule has 1 aliphatic rings. The highest BCUT2D eigenvalue weighted by Crippen LogP contribution is 2.04. The van der Waals surface area contributed by atoms with E-state index >= 15 is 0 Å². The van der Waals surface area contributed by atoms with Crippen molar-refractivity contribution in [1.29, 1.82) is 0 Å². The summed E-state index contributed by atoms with van der Waals surface area (Å²) in [7, 11) is 0. The van der Waals surface area contributed by atoms with Gasteiger partial charge in [-0.3, -0.25) is 0 Å². The van der Waals surface area contributed by atoms with Crippen LogP contribution >= 0.6 is 34.8 Å². The molecule has 1 N–H and O–H groups in total. The Hall–Kier alpha value is 0.01000. The second-order valence-electron chi connectivity index (χ2n) is 1.22. The van der Waals surface area contributed by atoms with Gasteiger partial charge in [-0.15, -0.1) is 0 Å². The van der Waals surface area contributed by atoms with E-state index in [1.54, 1.807) is 0 Å². The summed E-state index contributed by atoms with van der Waals surface area (Å²) in [6.45, 7) is 0. The summed E-state index contributed by atoms with van der Waals surface area (Å²) in [5.41, 5.74) is -0.877. The van der Waals surface area contributed by atoms with Crippen LogP contribution in [-0.2, 0) is 0 Å². The Morgan fingerprint density at radius 1 is 1.67 bits per heavy atom. The van der Waals surface area contributed by atoms with E-state index in [0.29, 0.717) is 0 Å². The fourth-order valence-corrected chi connectivity index (χ4v) is 1.01. The number of alkyl halides is 1. The SMILES string of the molecule is [2H]N1C(Cl)=NC(Cl)=NC1Cl. The first kappa shape index (κ1) is 5.77. The van der Waals surface area contributed by atoms with Crippen LogP contribution in [0, 0.1) is 0 Å². The molecule has 0 saturated carbocycles. The van der Waals surface area contributed by atoms with Gasteiger partial charge in [0.1, 0.15) is 0 Å². The monoisotopic (exact) mass is 186 g/mol. The number of hydrogen-bond donors (Lipinski definition) is 1. The summed E-state index contributed by atoms with van der Waals surface area (Å²) < 4.78 is 7.05. The summed E-state index contributed by atoms with van der Waals surface area (Å²) in [6.07, 6.45) is 0. The Morgan fingerprint density at radius 2 is 2.33 bits per heavy atom. The van der Waals surface area contributed by atoms with Gasteiger partial charge in [-0.2, -0.15) is 4.99 Å². The van der Waals surface area contributed by atoms with Crippen LogP contribution in [0.15, 0.2) is 9.98 Å². The first-order chi connectivity index (χ1) is 4.61. The molecule has 6 heteroatoms. The van der Waals surface area contributed by atoms with Gasteiger partial charge in [0.05, 0.1) is 0 Å². The molecule has 0 fully saturated rings. The Kier molecular flexibility index (Phi) is 1.75. The third kappa shape index (κ3) is 2.01. The number of nitrogens with zero attached hydrogens (tertiary/aromatic N) is 2. The van der Waals surface area contributed by atoms with E-state index < -0.39 is 5.62 Å². The van der Waals surface area contributed by atoms with Gasteiger partial charge in [0, 0.05) is 0 Å². The largest absolute Gasteiger partial charge is 0.326 e. The fraction of sp³-hybridized carbons (Fsp3) is 0.333. The molecule has 1 rings (SSSR count). The molecule has 0 aromatic carbocycles. The molecule has 1 unspecified atom stereocenters. The number of halogens is 3. The van der Waals surface area contributed by atoms with E-state index in [1.165, 1.54) is 0 Å². The van der Waals surface area contributed by atoms with Crippen molar-refractivity contribution in [1.82, 2.24) is 5.31 Å². The summed E-state index contributed by atoms with van der Waals surface area (Å²) >= 11 is 16.2. The molecule has 0 spiro atoms. The summed E-state index contributed by atoms with van der Waals surface area (Å²) in [4.78, 5) is 6.99. The Morgan fingerprint density at radius 3 is 2.89 bits per heavy atom. The molecule has 0 bridgehead atoms. The lowest BCUT2D eigenvalue weighted by Crippen LogP contribution is -2.29. The quantitative estimate of drug-likeness (QED) is 0.450. The number of amidine groups is 2. The van der Waals surface area contributed by atoms with E-state index in [0.717, 1.165) is 5.31 Å². The van der Waals surface area contributed by atoms with Crippen LogP contribution in [0.4, 0.5) is 0 Å². The predicted octanol–water partition coefficient (Wildman–Crippen LogP) is 1.30. The van der Waals surface area contributed by atoms with E-state index in [1.807, 2.05) is 0 Å². The minimum Gasteiger partial charge on any atom is -0.326 e. The maximum atomic E-state index is 7.05. The number of hydrogen-bond acceptors (Lipinski definition) is 3. The molecule has 1 atom stereocenters. The molecule has 0 radical (unpaired) electrons. The molecular weight excluding hydrogens is 184 g/mol. The van der Waals surface area contributed by atoms with Gasteiger partial charge in [0.2, 0.25) is 10.6 Å². The van der Waals surface area contributed by atoms with Crippen molar-refractivity contribution >= 4 is 45.4 Å². The Balaban J connectivity index is 2.85. The Labute approximate surface area is 68.2 Å². The third-order valence-corrected chi connectivity index (χ3v) is 1.17. The fourth-order valence-electron chi connectivity index (χ4n) is 0.339. The van der Waals surface area contributed by atoms with Gasteiger partial charge < -0.3 is 5.31 Å². The first-order valence-corrected chi connectivity index (χ1v) is 3.20. The molecule has 0 saturated heterocycles. The van der Waals surface area contributed by atoms with E-state index in [-0.39, 0.29) is 10.6 Å². The van der Waals surface area contributed by atoms with E-state index in [9.17, 15) is 0 Å². The molecule has 0 aliphatic carbocycles. The minimum absolute atomic E-state index is 0.0338. The van der Waals surface area contributed by atoms with E-state index in [4.69, 9.17) is 36.2 Å². The highest BCUT2D eigenvalue weighted by molar-refractivity contribution is 6.72. The lowest BCUT2D eigenvalue weighted by atomic mass is 10.9. The molecule has 9 heavy (non-hydrogen) atoms. The second kappa shape index (κ2) is 2.73. The Bertz CT molecular complexity index is 203. The zero-order valence-electron chi connectivity index (χ0n) is 5.05. The van der Waals surface area contributed by atoms with Crippen LogP contribution in [0.2, 0.25) is 1.41 Å².